The van der Waals surface area contributed by atoms with Gasteiger partial charge in [-0.2, -0.15) is 0 Å². The summed E-state index contributed by atoms with van der Waals surface area (Å²) in [4.78, 5) is 15.8. The highest BCUT2D eigenvalue weighted by atomic mass is 32.2. The van der Waals surface area contributed by atoms with Crippen LogP contribution in [0.2, 0.25) is 0 Å². The molecule has 0 saturated carbocycles. The molecule has 16 heavy (non-hydrogen) atoms. The van der Waals surface area contributed by atoms with Crippen molar-refractivity contribution in [2.45, 2.75) is 10.2 Å². The molecule has 0 saturated heterocycles. The maximum absolute atomic E-state index is 5.54. The average Bonchev–Trinajstić information content (AvgIpc) is 2.15. The standard InChI is InChI=1S/C8H9N7S/c9-4-3-5(10)14-8(13-4)16-6-1-2-12-7(11)15-6/h1-3H,(H2,11,12,15)(H4,9,10,13,14). The summed E-state index contributed by atoms with van der Waals surface area (Å²) in [6, 6.07) is 3.18. The van der Waals surface area contributed by atoms with Gasteiger partial charge in [0.25, 0.3) is 0 Å². The van der Waals surface area contributed by atoms with E-state index in [-0.39, 0.29) is 5.95 Å². The molecule has 6 N–H and O–H groups in total. The highest BCUT2D eigenvalue weighted by Crippen LogP contribution is 2.23. The Morgan fingerprint density at radius 3 is 2.31 bits per heavy atom. The molecule has 2 aromatic heterocycles. The zero-order chi connectivity index (χ0) is 11.5. The quantitative estimate of drug-likeness (QED) is 0.496. The molecule has 2 rings (SSSR count). The lowest BCUT2D eigenvalue weighted by Crippen LogP contribution is -2.00. The van der Waals surface area contributed by atoms with Crippen LogP contribution in [0.3, 0.4) is 0 Å². The van der Waals surface area contributed by atoms with Gasteiger partial charge in [-0.05, 0) is 17.8 Å². The Balaban J connectivity index is 2.27. The first-order chi connectivity index (χ1) is 7.63. The Morgan fingerprint density at radius 1 is 1.00 bits per heavy atom. The van der Waals surface area contributed by atoms with Crippen molar-refractivity contribution in [1.82, 2.24) is 19.9 Å². The summed E-state index contributed by atoms with van der Waals surface area (Å²) in [6.07, 6.45) is 1.56. The molecular formula is C8H9N7S. The first-order valence-corrected chi connectivity index (χ1v) is 5.11. The maximum atomic E-state index is 5.54. The molecule has 0 bridgehead atoms. The molecule has 2 aromatic rings. The smallest absolute Gasteiger partial charge is 0.221 e. The number of nitrogens with zero attached hydrogens (tertiary/aromatic N) is 4. The first kappa shape index (κ1) is 10.4. The molecule has 0 atom stereocenters. The maximum Gasteiger partial charge on any atom is 0.221 e. The third-order valence-corrected chi connectivity index (χ3v) is 2.39. The van der Waals surface area contributed by atoms with Gasteiger partial charge in [0, 0.05) is 12.3 Å². The fraction of sp³-hybridized carbons (Fsp3) is 0. The molecule has 82 valence electrons. The Labute approximate surface area is 95.5 Å². The third kappa shape index (κ3) is 2.48. The van der Waals surface area contributed by atoms with Crippen LogP contribution in [0, 0.1) is 0 Å². The van der Waals surface area contributed by atoms with E-state index in [4.69, 9.17) is 17.2 Å². The number of rotatable bonds is 2. The average molecular weight is 235 g/mol. The highest BCUT2D eigenvalue weighted by molar-refractivity contribution is 7.99. The van der Waals surface area contributed by atoms with Crippen LogP contribution < -0.4 is 17.2 Å². The number of nitrogens with two attached hydrogens (primary N) is 3. The molecule has 0 aliphatic carbocycles. The fourth-order valence-electron chi connectivity index (χ4n) is 1.01. The van der Waals surface area contributed by atoms with E-state index in [0.717, 1.165) is 0 Å². The van der Waals surface area contributed by atoms with Gasteiger partial charge in [-0.25, -0.2) is 19.9 Å². The third-order valence-electron chi connectivity index (χ3n) is 1.59. The van der Waals surface area contributed by atoms with E-state index in [1.54, 1.807) is 12.3 Å². The molecule has 0 aliphatic rings. The van der Waals surface area contributed by atoms with Crippen molar-refractivity contribution in [1.29, 1.82) is 0 Å². The van der Waals surface area contributed by atoms with Crippen LogP contribution in [0.4, 0.5) is 17.6 Å². The van der Waals surface area contributed by atoms with Crippen molar-refractivity contribution in [3.8, 4) is 0 Å². The van der Waals surface area contributed by atoms with E-state index < -0.39 is 0 Å². The Kier molecular flexibility index (Phi) is 2.73. The summed E-state index contributed by atoms with van der Waals surface area (Å²) < 4.78 is 0. The van der Waals surface area contributed by atoms with Gasteiger partial charge in [-0.15, -0.1) is 0 Å². The summed E-state index contributed by atoms with van der Waals surface area (Å²) in [6.45, 7) is 0. The van der Waals surface area contributed by atoms with Crippen molar-refractivity contribution >= 4 is 29.3 Å². The summed E-state index contributed by atoms with van der Waals surface area (Å²) in [5.74, 6) is 0.830. The minimum Gasteiger partial charge on any atom is -0.383 e. The molecular weight excluding hydrogens is 226 g/mol. The van der Waals surface area contributed by atoms with Crippen LogP contribution in [0.5, 0.6) is 0 Å². The van der Waals surface area contributed by atoms with Crippen LogP contribution in [0.15, 0.2) is 28.5 Å². The fourth-order valence-corrected chi connectivity index (χ4v) is 1.77. The van der Waals surface area contributed by atoms with Gasteiger partial charge in [0.05, 0.1) is 0 Å². The molecule has 0 unspecified atom stereocenters. The van der Waals surface area contributed by atoms with Crippen LogP contribution in [-0.2, 0) is 0 Å². The number of aromatic nitrogens is 4. The molecule has 8 heteroatoms. The lowest BCUT2D eigenvalue weighted by atomic mass is 10.5. The van der Waals surface area contributed by atoms with Gasteiger partial charge in [0.1, 0.15) is 16.7 Å². The Bertz CT molecular complexity index is 495. The van der Waals surface area contributed by atoms with E-state index in [1.165, 1.54) is 17.8 Å². The molecule has 0 aromatic carbocycles. The van der Waals surface area contributed by atoms with Gasteiger partial charge in [0.2, 0.25) is 5.95 Å². The van der Waals surface area contributed by atoms with Crippen molar-refractivity contribution in [3.63, 3.8) is 0 Å². The van der Waals surface area contributed by atoms with Crippen LogP contribution in [0.25, 0.3) is 0 Å². The zero-order valence-corrected chi connectivity index (χ0v) is 8.98. The number of nitrogen functional groups attached to an aromatic ring is 3. The monoisotopic (exact) mass is 235 g/mol. The summed E-state index contributed by atoms with van der Waals surface area (Å²) >= 11 is 1.22. The van der Waals surface area contributed by atoms with Gasteiger partial charge in [-0.1, -0.05) is 0 Å². The molecule has 0 fully saturated rings. The summed E-state index contributed by atoms with van der Waals surface area (Å²) in [7, 11) is 0. The number of hydrogen-bond acceptors (Lipinski definition) is 8. The summed E-state index contributed by atoms with van der Waals surface area (Å²) in [5, 5.41) is 1.06. The van der Waals surface area contributed by atoms with Gasteiger partial charge in [-0.3, -0.25) is 0 Å². The van der Waals surface area contributed by atoms with E-state index >= 15 is 0 Å². The second-order valence-electron chi connectivity index (χ2n) is 2.86. The lowest BCUT2D eigenvalue weighted by Gasteiger charge is -2.01. The molecule has 0 spiro atoms. The Hall–Kier alpha value is -2.09. The van der Waals surface area contributed by atoms with E-state index in [1.807, 2.05) is 0 Å². The largest absolute Gasteiger partial charge is 0.383 e. The van der Waals surface area contributed by atoms with Crippen molar-refractivity contribution in [2.75, 3.05) is 17.2 Å². The zero-order valence-electron chi connectivity index (χ0n) is 8.16. The van der Waals surface area contributed by atoms with Crippen LogP contribution in [-0.4, -0.2) is 19.9 Å². The Morgan fingerprint density at radius 2 is 1.69 bits per heavy atom. The molecule has 0 amide bonds. The normalized spacial score (nSPS) is 10.2. The second kappa shape index (κ2) is 4.19. The number of hydrogen-bond donors (Lipinski definition) is 3. The second-order valence-corrected chi connectivity index (χ2v) is 3.84. The molecule has 2 heterocycles. The van der Waals surface area contributed by atoms with E-state index in [9.17, 15) is 0 Å². The van der Waals surface area contributed by atoms with Gasteiger partial charge >= 0.3 is 0 Å². The summed E-state index contributed by atoms with van der Waals surface area (Å²) in [5.41, 5.74) is 16.5. The van der Waals surface area contributed by atoms with Crippen molar-refractivity contribution in [2.24, 2.45) is 0 Å². The first-order valence-electron chi connectivity index (χ1n) is 4.30. The van der Waals surface area contributed by atoms with Gasteiger partial charge in [0.15, 0.2) is 5.16 Å². The predicted octanol–water partition coefficient (Wildman–Crippen LogP) is 0.164. The van der Waals surface area contributed by atoms with E-state index in [2.05, 4.69) is 19.9 Å². The minimum absolute atomic E-state index is 0.196. The van der Waals surface area contributed by atoms with Crippen molar-refractivity contribution in [3.05, 3.63) is 18.3 Å². The SMILES string of the molecule is Nc1cc(N)nc(Sc2ccnc(N)n2)n1. The lowest BCUT2D eigenvalue weighted by molar-refractivity contribution is 0.973. The van der Waals surface area contributed by atoms with Gasteiger partial charge < -0.3 is 17.2 Å². The predicted molar refractivity (Wildman–Crippen MR) is 61.4 cm³/mol. The molecule has 7 nitrogen and oxygen atoms in total. The van der Waals surface area contributed by atoms with E-state index in [0.29, 0.717) is 21.8 Å². The topological polar surface area (TPSA) is 130 Å². The number of anilines is 3. The van der Waals surface area contributed by atoms with Crippen LogP contribution >= 0.6 is 11.8 Å². The highest BCUT2D eigenvalue weighted by Gasteiger charge is 2.04. The minimum atomic E-state index is 0.196. The molecule has 0 aliphatic heterocycles. The molecule has 0 radical (unpaired) electrons. The van der Waals surface area contributed by atoms with Crippen molar-refractivity contribution < 1.29 is 0 Å². The van der Waals surface area contributed by atoms with Crippen LogP contribution in [0.1, 0.15) is 0 Å².